The fraction of sp³-hybridized carbons (Fsp3) is 0.571. The fourth-order valence-corrected chi connectivity index (χ4v) is 0.662. The van der Waals surface area contributed by atoms with Gasteiger partial charge in [-0.3, -0.25) is 0 Å². The van der Waals surface area contributed by atoms with Crippen LogP contribution in [-0.2, 0) is 9.53 Å². The van der Waals surface area contributed by atoms with Gasteiger partial charge in [0.25, 0.3) is 0 Å². The lowest BCUT2D eigenvalue weighted by Crippen LogP contribution is -2.13. The van der Waals surface area contributed by atoms with Crippen LogP contribution in [0, 0.1) is 5.92 Å². The second kappa shape index (κ2) is 3.27. The summed E-state index contributed by atoms with van der Waals surface area (Å²) in [7, 11) is 0. The van der Waals surface area contributed by atoms with Gasteiger partial charge >= 0.3 is 5.97 Å². The molecule has 0 aromatic heterocycles. The SMILES string of the molecule is NC(N)=CC(=O)OCC1CC1. The van der Waals surface area contributed by atoms with Crippen molar-refractivity contribution >= 4 is 5.97 Å². The van der Waals surface area contributed by atoms with Gasteiger partial charge in [-0.25, -0.2) is 4.79 Å². The summed E-state index contributed by atoms with van der Waals surface area (Å²) >= 11 is 0. The molecule has 1 aliphatic rings. The van der Waals surface area contributed by atoms with Crippen LogP contribution in [0.3, 0.4) is 0 Å². The van der Waals surface area contributed by atoms with E-state index in [2.05, 4.69) is 0 Å². The molecule has 0 atom stereocenters. The van der Waals surface area contributed by atoms with Gasteiger partial charge in [-0.1, -0.05) is 0 Å². The summed E-state index contributed by atoms with van der Waals surface area (Å²) in [5, 5.41) is 0. The Bertz CT molecular complexity index is 181. The first-order chi connectivity index (χ1) is 5.18. The topological polar surface area (TPSA) is 78.3 Å². The third-order valence-corrected chi connectivity index (χ3v) is 1.44. The molecule has 4 heteroatoms. The van der Waals surface area contributed by atoms with Gasteiger partial charge in [0.05, 0.1) is 12.7 Å². The Morgan fingerprint density at radius 2 is 2.18 bits per heavy atom. The Hall–Kier alpha value is -1.19. The molecule has 1 aliphatic carbocycles. The van der Waals surface area contributed by atoms with Gasteiger partial charge in [0, 0.05) is 0 Å². The minimum absolute atomic E-state index is 0.00852. The van der Waals surface area contributed by atoms with Crippen LogP contribution in [0.5, 0.6) is 0 Å². The Labute approximate surface area is 65.2 Å². The number of hydrogen-bond acceptors (Lipinski definition) is 4. The summed E-state index contributed by atoms with van der Waals surface area (Å²) in [6.07, 6.45) is 3.41. The monoisotopic (exact) mass is 156 g/mol. The minimum atomic E-state index is -0.447. The molecular formula is C7H12N2O2. The van der Waals surface area contributed by atoms with E-state index in [0.29, 0.717) is 12.5 Å². The van der Waals surface area contributed by atoms with Crippen molar-refractivity contribution in [3.63, 3.8) is 0 Å². The third-order valence-electron chi connectivity index (χ3n) is 1.44. The maximum atomic E-state index is 10.7. The second-order valence-corrected chi connectivity index (χ2v) is 2.72. The number of carbonyl (C=O) groups is 1. The molecule has 0 amide bonds. The lowest BCUT2D eigenvalue weighted by molar-refractivity contribution is -0.138. The summed E-state index contributed by atoms with van der Waals surface area (Å²) in [5.74, 6) is 0.119. The van der Waals surface area contributed by atoms with Crippen molar-refractivity contribution in [2.75, 3.05) is 6.61 Å². The van der Waals surface area contributed by atoms with E-state index in [4.69, 9.17) is 16.2 Å². The number of carbonyl (C=O) groups excluding carboxylic acids is 1. The first-order valence-electron chi connectivity index (χ1n) is 3.58. The van der Waals surface area contributed by atoms with Gasteiger partial charge in [-0.05, 0) is 18.8 Å². The quantitative estimate of drug-likeness (QED) is 0.434. The van der Waals surface area contributed by atoms with Crippen LogP contribution >= 0.6 is 0 Å². The highest BCUT2D eigenvalue weighted by Gasteiger charge is 2.22. The molecule has 0 bridgehead atoms. The average Bonchev–Trinajstić information content (AvgIpc) is 2.63. The van der Waals surface area contributed by atoms with Crippen molar-refractivity contribution in [3.05, 3.63) is 11.9 Å². The van der Waals surface area contributed by atoms with Gasteiger partial charge in [0.1, 0.15) is 5.82 Å². The van der Waals surface area contributed by atoms with Crippen LogP contribution in [0.2, 0.25) is 0 Å². The normalized spacial score (nSPS) is 15.6. The molecular weight excluding hydrogens is 144 g/mol. The van der Waals surface area contributed by atoms with Crippen molar-refractivity contribution in [2.24, 2.45) is 17.4 Å². The molecule has 11 heavy (non-hydrogen) atoms. The molecule has 4 N–H and O–H groups in total. The number of esters is 1. The molecule has 0 spiro atoms. The van der Waals surface area contributed by atoms with Gasteiger partial charge in [0.15, 0.2) is 0 Å². The van der Waals surface area contributed by atoms with E-state index < -0.39 is 5.97 Å². The number of nitrogens with two attached hydrogens (primary N) is 2. The Morgan fingerprint density at radius 3 is 2.64 bits per heavy atom. The van der Waals surface area contributed by atoms with E-state index in [0.717, 1.165) is 18.9 Å². The van der Waals surface area contributed by atoms with Crippen LogP contribution in [-0.4, -0.2) is 12.6 Å². The molecule has 0 saturated heterocycles. The highest BCUT2D eigenvalue weighted by Crippen LogP contribution is 2.28. The summed E-state index contributed by atoms with van der Waals surface area (Å²) in [6.45, 7) is 0.503. The predicted molar refractivity (Wildman–Crippen MR) is 40.1 cm³/mol. The molecule has 1 fully saturated rings. The van der Waals surface area contributed by atoms with E-state index >= 15 is 0 Å². The van der Waals surface area contributed by atoms with E-state index in [9.17, 15) is 4.79 Å². The predicted octanol–water partition coefficient (Wildman–Crippen LogP) is -0.302. The highest BCUT2D eigenvalue weighted by atomic mass is 16.5. The summed E-state index contributed by atoms with van der Waals surface area (Å²) in [5.41, 5.74) is 10.1. The Kier molecular flexibility index (Phi) is 2.36. The minimum Gasteiger partial charge on any atom is -0.462 e. The molecule has 0 unspecified atom stereocenters. The standard InChI is InChI=1S/C7H12N2O2/c8-6(9)3-7(10)11-4-5-1-2-5/h3,5H,1-2,4,8-9H2. The molecule has 0 aromatic carbocycles. The Morgan fingerprint density at radius 1 is 1.55 bits per heavy atom. The van der Waals surface area contributed by atoms with Crippen molar-refractivity contribution < 1.29 is 9.53 Å². The van der Waals surface area contributed by atoms with Crippen LogP contribution in [0.1, 0.15) is 12.8 Å². The van der Waals surface area contributed by atoms with E-state index in [1.807, 2.05) is 0 Å². The van der Waals surface area contributed by atoms with Crippen molar-refractivity contribution in [1.82, 2.24) is 0 Å². The molecule has 0 heterocycles. The molecule has 0 radical (unpaired) electrons. The number of hydrogen-bond donors (Lipinski definition) is 2. The lowest BCUT2D eigenvalue weighted by Gasteiger charge is -1.98. The largest absolute Gasteiger partial charge is 0.462 e. The number of ether oxygens (including phenoxy) is 1. The second-order valence-electron chi connectivity index (χ2n) is 2.72. The average molecular weight is 156 g/mol. The fourth-order valence-electron chi connectivity index (χ4n) is 0.662. The zero-order valence-corrected chi connectivity index (χ0v) is 6.25. The lowest BCUT2D eigenvalue weighted by atomic mass is 10.5. The molecule has 4 nitrogen and oxygen atoms in total. The highest BCUT2D eigenvalue weighted by molar-refractivity contribution is 5.82. The van der Waals surface area contributed by atoms with E-state index in [1.165, 1.54) is 0 Å². The van der Waals surface area contributed by atoms with Crippen molar-refractivity contribution in [3.8, 4) is 0 Å². The zero-order valence-electron chi connectivity index (χ0n) is 6.25. The van der Waals surface area contributed by atoms with E-state index in [1.54, 1.807) is 0 Å². The van der Waals surface area contributed by atoms with Crippen molar-refractivity contribution in [2.45, 2.75) is 12.8 Å². The maximum Gasteiger partial charge on any atom is 0.334 e. The van der Waals surface area contributed by atoms with E-state index in [-0.39, 0.29) is 5.82 Å². The summed E-state index contributed by atoms with van der Waals surface area (Å²) in [4.78, 5) is 10.7. The smallest absolute Gasteiger partial charge is 0.334 e. The summed E-state index contributed by atoms with van der Waals surface area (Å²) < 4.78 is 4.80. The van der Waals surface area contributed by atoms with Gasteiger partial charge in [-0.2, -0.15) is 0 Å². The summed E-state index contributed by atoms with van der Waals surface area (Å²) in [6, 6.07) is 0. The first kappa shape index (κ1) is 7.91. The number of rotatable bonds is 3. The maximum absolute atomic E-state index is 10.7. The third kappa shape index (κ3) is 3.50. The Balaban J connectivity index is 2.14. The molecule has 62 valence electrons. The molecule has 1 saturated carbocycles. The molecule has 0 aliphatic heterocycles. The van der Waals surface area contributed by atoms with Crippen molar-refractivity contribution in [1.29, 1.82) is 0 Å². The molecule has 0 aromatic rings. The molecule has 1 rings (SSSR count). The van der Waals surface area contributed by atoms with Crippen LogP contribution in [0.25, 0.3) is 0 Å². The van der Waals surface area contributed by atoms with Gasteiger partial charge in [0.2, 0.25) is 0 Å². The van der Waals surface area contributed by atoms with Crippen LogP contribution in [0.15, 0.2) is 11.9 Å². The van der Waals surface area contributed by atoms with Crippen LogP contribution in [0.4, 0.5) is 0 Å². The van der Waals surface area contributed by atoms with Crippen LogP contribution < -0.4 is 11.5 Å². The van der Waals surface area contributed by atoms with Gasteiger partial charge in [-0.15, -0.1) is 0 Å². The first-order valence-corrected chi connectivity index (χ1v) is 3.58. The zero-order chi connectivity index (χ0) is 8.27. The van der Waals surface area contributed by atoms with Gasteiger partial charge < -0.3 is 16.2 Å².